The average molecular weight is 504 g/mol. The van der Waals surface area contributed by atoms with Crippen molar-refractivity contribution < 1.29 is 14.3 Å². The number of nitrogens with one attached hydrogen (secondary N) is 3. The van der Waals surface area contributed by atoms with Crippen molar-refractivity contribution in [3.05, 3.63) is 58.9 Å². The van der Waals surface area contributed by atoms with Crippen LogP contribution in [0.2, 0.25) is 5.02 Å². The van der Waals surface area contributed by atoms with E-state index in [4.69, 9.17) is 26.1 Å². The van der Waals surface area contributed by atoms with Crippen molar-refractivity contribution in [2.45, 2.75) is 38.2 Å². The summed E-state index contributed by atoms with van der Waals surface area (Å²) in [6.45, 7) is 2.65. The molecule has 36 heavy (non-hydrogen) atoms. The van der Waals surface area contributed by atoms with Crippen molar-refractivity contribution in [2.75, 3.05) is 19.0 Å². The number of anilines is 2. The number of carbonyl (C=O) groups excluding carboxylic acids is 1. The van der Waals surface area contributed by atoms with E-state index in [0.29, 0.717) is 45.7 Å². The lowest BCUT2D eigenvalue weighted by molar-refractivity contribution is 0.0939. The maximum absolute atomic E-state index is 13.3. The number of pyridine rings is 2. The van der Waals surface area contributed by atoms with E-state index in [-0.39, 0.29) is 17.9 Å². The molecule has 1 amide bonds. The number of methoxy groups -OCH3 is 1. The lowest BCUT2D eigenvalue weighted by Crippen LogP contribution is -2.35. The molecular formula is C27H26ClN5O3. The van der Waals surface area contributed by atoms with E-state index in [1.165, 1.54) is 0 Å². The number of H-pyrrole nitrogens is 1. The van der Waals surface area contributed by atoms with Crippen LogP contribution in [-0.2, 0) is 0 Å². The zero-order valence-corrected chi connectivity index (χ0v) is 20.8. The third-order valence-corrected chi connectivity index (χ3v) is 7.21. The van der Waals surface area contributed by atoms with Gasteiger partial charge in [0.15, 0.2) is 5.75 Å². The minimum absolute atomic E-state index is 0.0272. The number of nitrogens with zero attached hydrogens (tertiary/aromatic N) is 2. The summed E-state index contributed by atoms with van der Waals surface area (Å²) in [6, 6.07) is 11.2. The molecule has 4 aromatic rings. The van der Waals surface area contributed by atoms with Crippen molar-refractivity contribution in [1.82, 2.24) is 20.3 Å². The van der Waals surface area contributed by atoms with Gasteiger partial charge in [-0.2, -0.15) is 0 Å². The summed E-state index contributed by atoms with van der Waals surface area (Å²) >= 11 is 6.41. The maximum Gasteiger partial charge on any atom is 0.255 e. The topological polar surface area (TPSA) is 101 Å². The van der Waals surface area contributed by atoms with Gasteiger partial charge >= 0.3 is 0 Å². The molecule has 5 heterocycles. The minimum Gasteiger partial charge on any atom is -0.493 e. The number of ether oxygens (including phenoxy) is 2. The second kappa shape index (κ2) is 9.02. The van der Waals surface area contributed by atoms with Gasteiger partial charge in [0.25, 0.3) is 5.91 Å². The summed E-state index contributed by atoms with van der Waals surface area (Å²) in [4.78, 5) is 26.2. The Bertz CT molecular complexity index is 1480. The number of benzene rings is 1. The SMILES string of the molecule is COc1c(Cl)cccc1Nc1c2[nH]c3c1C(=O)NC[C@H]3CCC[C@H](C)Oc1ccc3nccc-2c3n1. The summed E-state index contributed by atoms with van der Waals surface area (Å²) in [7, 11) is 1.57. The number of aromatic nitrogens is 3. The number of halogens is 1. The highest BCUT2D eigenvalue weighted by Gasteiger charge is 2.33. The van der Waals surface area contributed by atoms with Crippen LogP contribution in [0, 0.1) is 0 Å². The van der Waals surface area contributed by atoms with Crippen molar-refractivity contribution >= 4 is 39.9 Å². The smallest absolute Gasteiger partial charge is 0.255 e. The van der Waals surface area contributed by atoms with E-state index in [9.17, 15) is 4.79 Å². The minimum atomic E-state index is -0.122. The number of fused-ring (bicyclic) bond motifs is 3. The molecule has 0 unspecified atom stereocenters. The van der Waals surface area contributed by atoms with E-state index in [0.717, 1.165) is 41.7 Å². The molecule has 0 aliphatic carbocycles. The highest BCUT2D eigenvalue weighted by molar-refractivity contribution is 6.32. The molecule has 0 radical (unpaired) electrons. The van der Waals surface area contributed by atoms with Crippen LogP contribution in [-0.4, -0.2) is 40.6 Å². The first-order chi connectivity index (χ1) is 17.5. The number of rotatable bonds is 3. The lowest BCUT2D eigenvalue weighted by atomic mass is 9.91. The van der Waals surface area contributed by atoms with Gasteiger partial charge in [-0.25, -0.2) is 4.98 Å². The number of aromatic amines is 1. The largest absolute Gasteiger partial charge is 0.493 e. The number of carbonyl (C=O) groups is 1. The summed E-state index contributed by atoms with van der Waals surface area (Å²) < 4.78 is 11.7. The fraction of sp³-hybridized carbons (Fsp3) is 0.296. The Hall–Kier alpha value is -3.78. The molecule has 0 spiro atoms. The summed E-state index contributed by atoms with van der Waals surface area (Å²) in [5, 5.41) is 7.03. The first kappa shape index (κ1) is 22.7. The zero-order chi connectivity index (χ0) is 24.8. The predicted molar refractivity (Wildman–Crippen MR) is 140 cm³/mol. The number of hydrogen-bond donors (Lipinski definition) is 3. The maximum atomic E-state index is 13.3. The third-order valence-electron chi connectivity index (χ3n) is 6.92. The fourth-order valence-electron chi connectivity index (χ4n) is 5.18. The van der Waals surface area contributed by atoms with Crippen molar-refractivity contribution in [1.29, 1.82) is 0 Å². The number of hydrogen-bond acceptors (Lipinski definition) is 6. The summed E-state index contributed by atoms with van der Waals surface area (Å²) in [5.74, 6) is 1.09. The summed E-state index contributed by atoms with van der Waals surface area (Å²) in [5.41, 5.74) is 5.85. The van der Waals surface area contributed by atoms with Gasteiger partial charge < -0.3 is 25.1 Å². The molecule has 0 fully saturated rings. The Morgan fingerprint density at radius 2 is 2.08 bits per heavy atom. The molecule has 2 aliphatic rings. The number of amides is 1. The van der Waals surface area contributed by atoms with Crippen LogP contribution < -0.4 is 20.1 Å². The zero-order valence-electron chi connectivity index (χ0n) is 20.0. The first-order valence-electron chi connectivity index (χ1n) is 12.1. The van der Waals surface area contributed by atoms with Gasteiger partial charge in [-0.3, -0.25) is 9.78 Å². The molecule has 8 nitrogen and oxygen atoms in total. The number of para-hydroxylation sites is 1. The van der Waals surface area contributed by atoms with Crippen molar-refractivity contribution in [3.8, 4) is 22.9 Å². The monoisotopic (exact) mass is 503 g/mol. The van der Waals surface area contributed by atoms with Crippen LogP contribution in [0.5, 0.6) is 11.6 Å². The van der Waals surface area contributed by atoms with Gasteiger partial charge in [0.1, 0.15) is 5.52 Å². The van der Waals surface area contributed by atoms with E-state index >= 15 is 0 Å². The van der Waals surface area contributed by atoms with E-state index < -0.39 is 0 Å². The molecule has 0 saturated carbocycles. The lowest BCUT2D eigenvalue weighted by Gasteiger charge is -2.24. The van der Waals surface area contributed by atoms with Crippen LogP contribution >= 0.6 is 11.6 Å². The standard InChI is InChI=1S/C27H26ClN5O3/c1-14-5-3-6-15-13-30-27(34)21-22(15)33-24(25(21)31-19-8-4-7-17(28)26(19)35-2)16-11-12-29-18-9-10-20(36-14)32-23(16)18/h4,7-12,14-15,31,33H,3,5-6,13H2,1-2H3,(H,30,34)/t14-,15+/m0/s1. The van der Waals surface area contributed by atoms with Crippen LogP contribution in [0.15, 0.2) is 42.6 Å². The van der Waals surface area contributed by atoms with E-state index in [1.54, 1.807) is 19.4 Å². The van der Waals surface area contributed by atoms with Gasteiger partial charge in [0.05, 0.1) is 46.4 Å². The van der Waals surface area contributed by atoms with Gasteiger partial charge in [-0.15, -0.1) is 0 Å². The molecule has 0 saturated heterocycles. The van der Waals surface area contributed by atoms with Crippen LogP contribution in [0.3, 0.4) is 0 Å². The molecule has 2 aliphatic heterocycles. The third kappa shape index (κ3) is 3.82. The van der Waals surface area contributed by atoms with Crippen molar-refractivity contribution in [2.24, 2.45) is 0 Å². The Morgan fingerprint density at radius 3 is 2.94 bits per heavy atom. The normalized spacial score (nSPS) is 19.0. The van der Waals surface area contributed by atoms with Crippen LogP contribution in [0.1, 0.15) is 48.2 Å². The van der Waals surface area contributed by atoms with Crippen molar-refractivity contribution in [3.63, 3.8) is 0 Å². The summed E-state index contributed by atoms with van der Waals surface area (Å²) in [6.07, 6.45) is 4.54. The Morgan fingerprint density at radius 1 is 1.19 bits per heavy atom. The molecule has 6 rings (SSSR count). The quantitative estimate of drug-likeness (QED) is 0.326. The van der Waals surface area contributed by atoms with Crippen LogP contribution in [0.25, 0.3) is 22.3 Å². The van der Waals surface area contributed by atoms with E-state index in [1.807, 2.05) is 30.3 Å². The Labute approximate surface area is 213 Å². The van der Waals surface area contributed by atoms with Gasteiger partial charge in [-0.1, -0.05) is 17.7 Å². The van der Waals surface area contributed by atoms with Crippen LogP contribution in [0.4, 0.5) is 11.4 Å². The molecule has 184 valence electrons. The molecule has 9 heteroatoms. The first-order valence-corrected chi connectivity index (χ1v) is 12.5. The molecular weight excluding hydrogens is 478 g/mol. The molecule has 4 bridgehead atoms. The van der Waals surface area contributed by atoms with Gasteiger partial charge in [-0.05, 0) is 50.5 Å². The second-order valence-corrected chi connectivity index (χ2v) is 9.66. The highest BCUT2D eigenvalue weighted by Crippen LogP contribution is 2.44. The fourth-order valence-corrected chi connectivity index (χ4v) is 5.43. The molecule has 3 N–H and O–H groups in total. The van der Waals surface area contributed by atoms with E-state index in [2.05, 4.69) is 27.5 Å². The second-order valence-electron chi connectivity index (χ2n) is 9.25. The Balaban J connectivity index is 1.62. The van der Waals surface area contributed by atoms with Gasteiger partial charge in [0, 0.05) is 36.0 Å². The van der Waals surface area contributed by atoms with Gasteiger partial charge in [0.2, 0.25) is 5.88 Å². The average Bonchev–Trinajstić information content (AvgIpc) is 3.25. The highest BCUT2D eigenvalue weighted by atomic mass is 35.5. The Kier molecular flexibility index (Phi) is 5.68. The molecule has 1 aromatic carbocycles. The molecule has 3 aromatic heterocycles. The molecule has 2 atom stereocenters. The predicted octanol–water partition coefficient (Wildman–Crippen LogP) is 5.81.